The Morgan fingerprint density at radius 1 is 1.17 bits per heavy atom. The molecule has 0 radical (unpaired) electrons. The van der Waals surface area contributed by atoms with Crippen molar-refractivity contribution < 1.29 is 9.90 Å². The van der Waals surface area contributed by atoms with Crippen molar-refractivity contribution in [3.8, 4) is 11.1 Å². The summed E-state index contributed by atoms with van der Waals surface area (Å²) in [5, 5.41) is 14.2. The highest BCUT2D eigenvalue weighted by atomic mass is 16.4. The Bertz CT molecular complexity index is 964. The minimum atomic E-state index is -0.995. The number of fused-ring (bicyclic) bond motifs is 1. The highest BCUT2D eigenvalue weighted by Crippen LogP contribution is 2.42. The van der Waals surface area contributed by atoms with Crippen molar-refractivity contribution >= 4 is 11.6 Å². The Morgan fingerprint density at radius 3 is 2.42 bits per heavy atom. The van der Waals surface area contributed by atoms with Gasteiger partial charge < -0.3 is 5.11 Å². The summed E-state index contributed by atoms with van der Waals surface area (Å²) in [7, 11) is 0. The fourth-order valence-corrected chi connectivity index (χ4v) is 3.43. The maximum atomic E-state index is 11.5. The summed E-state index contributed by atoms with van der Waals surface area (Å²) < 4.78 is 1.85. The molecule has 1 saturated carbocycles. The van der Waals surface area contributed by atoms with Crippen LogP contribution < -0.4 is 0 Å². The molecule has 1 aromatic carbocycles. The Morgan fingerprint density at radius 2 is 1.83 bits per heavy atom. The van der Waals surface area contributed by atoms with Gasteiger partial charge in [0.1, 0.15) is 0 Å². The van der Waals surface area contributed by atoms with Crippen molar-refractivity contribution in [3.05, 3.63) is 52.5 Å². The second-order valence-electron chi connectivity index (χ2n) is 6.61. The lowest BCUT2D eigenvalue weighted by Crippen LogP contribution is -2.07. The number of hydrogen-bond donors (Lipinski definition) is 1. The number of carboxylic acids is 1. The second kappa shape index (κ2) is 5.16. The van der Waals surface area contributed by atoms with Crippen molar-refractivity contribution in [1.82, 2.24) is 14.6 Å². The third kappa shape index (κ3) is 2.19. The summed E-state index contributed by atoms with van der Waals surface area (Å²) in [6.07, 6.45) is 2.16. The molecule has 0 atom stereocenters. The zero-order valence-corrected chi connectivity index (χ0v) is 14.0. The van der Waals surface area contributed by atoms with Crippen LogP contribution in [-0.4, -0.2) is 25.7 Å². The third-order valence-electron chi connectivity index (χ3n) is 4.74. The highest BCUT2D eigenvalue weighted by Gasteiger charge is 2.30. The normalized spacial score (nSPS) is 14.3. The van der Waals surface area contributed by atoms with Gasteiger partial charge in [-0.3, -0.25) is 0 Å². The van der Waals surface area contributed by atoms with E-state index in [9.17, 15) is 9.90 Å². The minimum Gasteiger partial charge on any atom is -0.477 e. The Hall–Kier alpha value is -2.69. The maximum absolute atomic E-state index is 11.5. The van der Waals surface area contributed by atoms with Gasteiger partial charge in [-0.1, -0.05) is 18.2 Å². The van der Waals surface area contributed by atoms with E-state index in [0.717, 1.165) is 46.5 Å². The molecule has 3 aromatic rings. The van der Waals surface area contributed by atoms with Gasteiger partial charge in [-0.25, -0.2) is 14.3 Å². The highest BCUT2D eigenvalue weighted by molar-refractivity contribution is 5.89. The number of rotatable bonds is 3. The van der Waals surface area contributed by atoms with Gasteiger partial charge in [0, 0.05) is 11.6 Å². The predicted octanol–water partition coefficient (Wildman–Crippen LogP) is 3.90. The summed E-state index contributed by atoms with van der Waals surface area (Å²) in [5.74, 6) is -0.607. The molecule has 0 spiro atoms. The summed E-state index contributed by atoms with van der Waals surface area (Å²) in [4.78, 5) is 16.0. The molecule has 0 saturated heterocycles. The number of aromatic nitrogens is 3. The van der Waals surface area contributed by atoms with Crippen LogP contribution in [0.2, 0.25) is 0 Å². The molecule has 1 fully saturated rings. The van der Waals surface area contributed by atoms with E-state index in [4.69, 9.17) is 5.10 Å². The zero-order valence-electron chi connectivity index (χ0n) is 14.0. The largest absolute Gasteiger partial charge is 0.477 e. The fraction of sp³-hybridized carbons (Fsp3) is 0.316. The minimum absolute atomic E-state index is 0.0942. The number of hydrogen-bond acceptors (Lipinski definition) is 3. The standard InChI is InChI=1S/C19H19N3O2/c1-10-5-4-6-11(2)16(10)17-12(3)21-22-15(13-7-8-13)9-14(19(23)24)20-18(17)22/h4-6,9,13H,7-8H2,1-3H3,(H,23,24). The van der Waals surface area contributed by atoms with E-state index >= 15 is 0 Å². The molecule has 4 rings (SSSR count). The lowest BCUT2D eigenvalue weighted by atomic mass is 9.96. The van der Waals surface area contributed by atoms with Crippen LogP contribution in [0.1, 0.15) is 51.8 Å². The molecule has 5 nitrogen and oxygen atoms in total. The average molecular weight is 321 g/mol. The van der Waals surface area contributed by atoms with Gasteiger partial charge in [-0.2, -0.15) is 5.10 Å². The maximum Gasteiger partial charge on any atom is 0.354 e. The molecule has 24 heavy (non-hydrogen) atoms. The van der Waals surface area contributed by atoms with Crippen LogP contribution in [0.4, 0.5) is 0 Å². The summed E-state index contributed by atoms with van der Waals surface area (Å²) in [6.45, 7) is 6.09. The van der Waals surface area contributed by atoms with Crippen molar-refractivity contribution in [3.63, 3.8) is 0 Å². The van der Waals surface area contributed by atoms with E-state index in [-0.39, 0.29) is 5.69 Å². The van der Waals surface area contributed by atoms with Crippen molar-refractivity contribution in [2.75, 3.05) is 0 Å². The Labute approximate surface area is 140 Å². The molecule has 1 aliphatic carbocycles. The monoisotopic (exact) mass is 321 g/mol. The van der Waals surface area contributed by atoms with Gasteiger partial charge in [0.2, 0.25) is 0 Å². The van der Waals surface area contributed by atoms with Crippen LogP contribution in [0.25, 0.3) is 16.8 Å². The van der Waals surface area contributed by atoms with Gasteiger partial charge in [0.05, 0.1) is 11.3 Å². The Kier molecular flexibility index (Phi) is 3.20. The molecule has 1 aliphatic rings. The lowest BCUT2D eigenvalue weighted by Gasteiger charge is -2.10. The van der Waals surface area contributed by atoms with Gasteiger partial charge in [-0.15, -0.1) is 0 Å². The Balaban J connectivity index is 2.10. The third-order valence-corrected chi connectivity index (χ3v) is 4.74. The number of aryl methyl sites for hydroxylation is 3. The zero-order chi connectivity index (χ0) is 17.0. The topological polar surface area (TPSA) is 67.5 Å². The molecule has 2 heterocycles. The number of carboxylic acid groups (broad SMARTS) is 1. The molecule has 0 aliphatic heterocycles. The fourth-order valence-electron chi connectivity index (χ4n) is 3.43. The van der Waals surface area contributed by atoms with E-state index in [0.29, 0.717) is 11.6 Å². The smallest absolute Gasteiger partial charge is 0.354 e. The molecule has 1 N–H and O–H groups in total. The first-order chi connectivity index (χ1) is 11.5. The van der Waals surface area contributed by atoms with Crippen LogP contribution in [0, 0.1) is 20.8 Å². The summed E-state index contributed by atoms with van der Waals surface area (Å²) in [6, 6.07) is 7.83. The first kappa shape index (κ1) is 14.9. The number of nitrogens with zero attached hydrogens (tertiary/aromatic N) is 3. The first-order valence-electron chi connectivity index (χ1n) is 8.17. The number of aromatic carboxylic acids is 1. The molecule has 2 aromatic heterocycles. The van der Waals surface area contributed by atoms with Crippen LogP contribution in [-0.2, 0) is 0 Å². The van der Waals surface area contributed by atoms with E-state index in [1.165, 1.54) is 0 Å². The second-order valence-corrected chi connectivity index (χ2v) is 6.61. The SMILES string of the molecule is Cc1cccc(C)c1-c1c(C)nn2c(C3CC3)cc(C(=O)O)nc12. The predicted molar refractivity (Wildman–Crippen MR) is 91.6 cm³/mol. The number of benzene rings is 1. The van der Waals surface area contributed by atoms with Gasteiger partial charge >= 0.3 is 5.97 Å². The molecule has 0 amide bonds. The van der Waals surface area contributed by atoms with Crippen LogP contribution in [0.5, 0.6) is 0 Å². The van der Waals surface area contributed by atoms with Gasteiger partial charge in [-0.05, 0) is 56.4 Å². The van der Waals surface area contributed by atoms with E-state index < -0.39 is 5.97 Å². The quantitative estimate of drug-likeness (QED) is 0.794. The molecule has 122 valence electrons. The van der Waals surface area contributed by atoms with Crippen LogP contribution in [0.3, 0.4) is 0 Å². The summed E-state index contributed by atoms with van der Waals surface area (Å²) >= 11 is 0. The van der Waals surface area contributed by atoms with Crippen LogP contribution in [0.15, 0.2) is 24.3 Å². The first-order valence-corrected chi connectivity index (χ1v) is 8.17. The van der Waals surface area contributed by atoms with E-state index in [2.05, 4.69) is 31.0 Å². The van der Waals surface area contributed by atoms with E-state index in [1.54, 1.807) is 6.07 Å². The van der Waals surface area contributed by atoms with Crippen molar-refractivity contribution in [2.24, 2.45) is 0 Å². The molecular weight excluding hydrogens is 302 g/mol. The van der Waals surface area contributed by atoms with Crippen molar-refractivity contribution in [1.29, 1.82) is 0 Å². The summed E-state index contributed by atoms with van der Waals surface area (Å²) in [5.41, 5.74) is 6.90. The molecule has 5 heteroatoms. The van der Waals surface area contributed by atoms with Gasteiger partial charge in [0.25, 0.3) is 0 Å². The van der Waals surface area contributed by atoms with Crippen LogP contribution >= 0.6 is 0 Å². The van der Waals surface area contributed by atoms with Crippen molar-refractivity contribution in [2.45, 2.75) is 39.5 Å². The lowest BCUT2D eigenvalue weighted by molar-refractivity contribution is 0.0690. The van der Waals surface area contributed by atoms with E-state index in [1.807, 2.05) is 17.5 Å². The average Bonchev–Trinajstić information content (AvgIpc) is 3.31. The molecular formula is C19H19N3O2. The number of carbonyl (C=O) groups is 1. The van der Waals surface area contributed by atoms with Gasteiger partial charge in [0.15, 0.2) is 11.3 Å². The molecule has 0 bridgehead atoms. The molecule has 0 unspecified atom stereocenters.